The van der Waals surface area contributed by atoms with Crippen LogP contribution < -0.4 is 5.32 Å². The summed E-state index contributed by atoms with van der Waals surface area (Å²) < 4.78 is 0. The summed E-state index contributed by atoms with van der Waals surface area (Å²) in [6.45, 7) is 3.46. The molecule has 0 bridgehead atoms. The topological polar surface area (TPSA) is 52.6 Å². The lowest BCUT2D eigenvalue weighted by molar-refractivity contribution is 0.0843. The normalized spacial score (nSPS) is 34.4. The number of carbonyl (C=O) groups is 1. The molecular weight excluding hydrogens is 204 g/mol. The minimum absolute atomic E-state index is 0.0455. The van der Waals surface area contributed by atoms with Gasteiger partial charge in [-0.2, -0.15) is 0 Å². The zero-order valence-electron chi connectivity index (χ0n) is 9.98. The van der Waals surface area contributed by atoms with E-state index in [4.69, 9.17) is 0 Å². The van der Waals surface area contributed by atoms with E-state index in [2.05, 4.69) is 5.32 Å². The summed E-state index contributed by atoms with van der Waals surface area (Å²) >= 11 is 0. The van der Waals surface area contributed by atoms with Crippen LogP contribution in [0.1, 0.15) is 39.0 Å². The third-order valence-electron chi connectivity index (χ3n) is 3.91. The summed E-state index contributed by atoms with van der Waals surface area (Å²) in [5.41, 5.74) is 0. The first-order valence-electron chi connectivity index (χ1n) is 6.46. The molecule has 1 aliphatic heterocycles. The third-order valence-corrected chi connectivity index (χ3v) is 3.91. The largest absolute Gasteiger partial charge is 0.393 e. The summed E-state index contributed by atoms with van der Waals surface area (Å²) in [6, 6.07) is 0.313. The minimum atomic E-state index is -0.194. The first-order valence-corrected chi connectivity index (χ1v) is 6.46. The molecule has 3 atom stereocenters. The lowest BCUT2D eigenvalue weighted by Crippen LogP contribution is -2.47. The second kappa shape index (κ2) is 5.04. The number of likely N-dealkylation sites (tertiary alicyclic amines) is 1. The Hall–Kier alpha value is -0.770. The Morgan fingerprint density at radius 3 is 2.81 bits per heavy atom. The van der Waals surface area contributed by atoms with E-state index in [0.29, 0.717) is 12.5 Å². The lowest BCUT2D eigenvalue weighted by atomic mass is 9.94. The summed E-state index contributed by atoms with van der Waals surface area (Å²) in [6.07, 6.45) is 5.02. The van der Waals surface area contributed by atoms with Crippen LogP contribution >= 0.6 is 0 Å². The van der Waals surface area contributed by atoms with Gasteiger partial charge in [0.2, 0.25) is 0 Å². The Kier molecular flexibility index (Phi) is 3.69. The van der Waals surface area contributed by atoms with Gasteiger partial charge < -0.3 is 15.3 Å². The van der Waals surface area contributed by atoms with Crippen LogP contribution in [0.25, 0.3) is 0 Å². The molecule has 2 fully saturated rings. The Morgan fingerprint density at radius 1 is 1.38 bits per heavy atom. The summed E-state index contributed by atoms with van der Waals surface area (Å²) in [7, 11) is 0. The fourth-order valence-electron chi connectivity index (χ4n) is 3.16. The molecule has 92 valence electrons. The number of nitrogens with zero attached hydrogens (tertiary/aromatic N) is 1. The number of hydrogen-bond donors (Lipinski definition) is 2. The van der Waals surface area contributed by atoms with Crippen molar-refractivity contribution in [3.8, 4) is 0 Å². The Morgan fingerprint density at radius 2 is 2.19 bits per heavy atom. The summed E-state index contributed by atoms with van der Waals surface area (Å²) in [5.74, 6) is 0.310. The van der Waals surface area contributed by atoms with Gasteiger partial charge in [-0.05, 0) is 32.6 Å². The maximum absolute atomic E-state index is 11.9. The van der Waals surface area contributed by atoms with Crippen LogP contribution in [-0.2, 0) is 0 Å². The van der Waals surface area contributed by atoms with Gasteiger partial charge in [0.1, 0.15) is 0 Å². The third kappa shape index (κ3) is 2.17. The van der Waals surface area contributed by atoms with Gasteiger partial charge in [0.05, 0.1) is 6.10 Å². The SMILES string of the molecule is CCNC(=O)N1CCCC1C1CCCC1O. The highest BCUT2D eigenvalue weighted by atomic mass is 16.3. The van der Waals surface area contributed by atoms with Crippen molar-refractivity contribution in [2.24, 2.45) is 5.92 Å². The predicted octanol–water partition coefficient (Wildman–Crippen LogP) is 1.34. The van der Waals surface area contributed by atoms with Crippen LogP contribution in [0.3, 0.4) is 0 Å². The first kappa shape index (κ1) is 11.7. The van der Waals surface area contributed by atoms with Gasteiger partial charge in [-0.15, -0.1) is 0 Å². The van der Waals surface area contributed by atoms with Crippen LogP contribution in [-0.4, -0.2) is 41.3 Å². The molecule has 4 nitrogen and oxygen atoms in total. The van der Waals surface area contributed by atoms with Gasteiger partial charge in [0.15, 0.2) is 0 Å². The maximum atomic E-state index is 11.9. The predicted molar refractivity (Wildman–Crippen MR) is 62.1 cm³/mol. The van der Waals surface area contributed by atoms with Crippen molar-refractivity contribution in [2.75, 3.05) is 13.1 Å². The van der Waals surface area contributed by atoms with Crippen LogP contribution in [0, 0.1) is 5.92 Å². The van der Waals surface area contributed by atoms with E-state index in [1.54, 1.807) is 0 Å². The van der Waals surface area contributed by atoms with Gasteiger partial charge in [-0.1, -0.05) is 6.42 Å². The number of rotatable bonds is 2. The molecule has 0 aromatic heterocycles. The average molecular weight is 226 g/mol. The molecule has 4 heteroatoms. The Balaban J connectivity index is 1.99. The van der Waals surface area contributed by atoms with Crippen LogP contribution in [0.2, 0.25) is 0 Å². The molecule has 2 aliphatic rings. The van der Waals surface area contributed by atoms with Gasteiger partial charge >= 0.3 is 6.03 Å². The molecular formula is C12H22N2O2. The first-order chi connectivity index (χ1) is 7.74. The number of nitrogens with one attached hydrogen (secondary N) is 1. The van der Waals surface area contributed by atoms with Gasteiger partial charge in [0.25, 0.3) is 0 Å². The number of aliphatic hydroxyl groups excluding tert-OH is 1. The lowest BCUT2D eigenvalue weighted by Gasteiger charge is -2.31. The van der Waals surface area contributed by atoms with E-state index >= 15 is 0 Å². The molecule has 0 radical (unpaired) electrons. The highest BCUT2D eigenvalue weighted by Gasteiger charge is 2.39. The number of hydrogen-bond acceptors (Lipinski definition) is 2. The fraction of sp³-hybridized carbons (Fsp3) is 0.917. The number of carbonyl (C=O) groups excluding carboxylic acids is 1. The van der Waals surface area contributed by atoms with Crippen LogP contribution in [0.4, 0.5) is 4.79 Å². The number of urea groups is 1. The van der Waals surface area contributed by atoms with E-state index in [1.165, 1.54) is 0 Å². The molecule has 2 N–H and O–H groups in total. The smallest absolute Gasteiger partial charge is 0.317 e. The second-order valence-electron chi connectivity index (χ2n) is 4.90. The van der Waals surface area contributed by atoms with E-state index < -0.39 is 0 Å². The van der Waals surface area contributed by atoms with E-state index in [1.807, 2.05) is 11.8 Å². The standard InChI is InChI=1S/C12H22N2O2/c1-2-13-12(16)14-8-4-6-10(14)9-5-3-7-11(9)15/h9-11,15H,2-8H2,1H3,(H,13,16). The average Bonchev–Trinajstić information content (AvgIpc) is 2.85. The number of amides is 2. The Bertz CT molecular complexity index is 257. The van der Waals surface area contributed by atoms with Crippen molar-refractivity contribution in [3.05, 3.63) is 0 Å². The van der Waals surface area contributed by atoms with Crippen LogP contribution in [0.5, 0.6) is 0 Å². The number of aliphatic hydroxyl groups is 1. The van der Waals surface area contributed by atoms with Crippen molar-refractivity contribution in [1.29, 1.82) is 0 Å². The molecule has 3 unspecified atom stereocenters. The maximum Gasteiger partial charge on any atom is 0.317 e. The quantitative estimate of drug-likeness (QED) is 0.746. The molecule has 16 heavy (non-hydrogen) atoms. The molecule has 2 amide bonds. The summed E-state index contributed by atoms with van der Waals surface area (Å²) in [5, 5.41) is 12.8. The molecule has 1 saturated carbocycles. The second-order valence-corrected chi connectivity index (χ2v) is 4.90. The van der Waals surface area contributed by atoms with E-state index in [9.17, 15) is 9.90 Å². The van der Waals surface area contributed by atoms with E-state index in [0.717, 1.165) is 38.6 Å². The molecule has 1 saturated heterocycles. The molecule has 1 aliphatic carbocycles. The van der Waals surface area contributed by atoms with Gasteiger partial charge in [-0.3, -0.25) is 0 Å². The summed E-state index contributed by atoms with van der Waals surface area (Å²) in [4.78, 5) is 13.8. The van der Waals surface area contributed by atoms with Gasteiger partial charge in [-0.25, -0.2) is 4.79 Å². The molecule has 1 heterocycles. The van der Waals surface area contributed by atoms with Crippen molar-refractivity contribution >= 4 is 6.03 Å². The zero-order chi connectivity index (χ0) is 11.5. The monoisotopic (exact) mass is 226 g/mol. The van der Waals surface area contributed by atoms with Crippen molar-refractivity contribution < 1.29 is 9.90 Å². The molecule has 2 rings (SSSR count). The van der Waals surface area contributed by atoms with Crippen molar-refractivity contribution in [2.45, 2.75) is 51.2 Å². The van der Waals surface area contributed by atoms with Crippen molar-refractivity contribution in [1.82, 2.24) is 10.2 Å². The van der Waals surface area contributed by atoms with Crippen molar-refractivity contribution in [3.63, 3.8) is 0 Å². The van der Waals surface area contributed by atoms with Gasteiger partial charge in [0, 0.05) is 25.0 Å². The minimum Gasteiger partial charge on any atom is -0.393 e. The fourth-order valence-corrected chi connectivity index (χ4v) is 3.16. The Labute approximate surface area is 97.0 Å². The highest BCUT2D eigenvalue weighted by Crippen LogP contribution is 2.35. The van der Waals surface area contributed by atoms with E-state index in [-0.39, 0.29) is 18.2 Å². The molecule has 0 spiro atoms. The zero-order valence-corrected chi connectivity index (χ0v) is 9.98. The molecule has 0 aromatic rings. The molecule has 0 aromatic carbocycles. The highest BCUT2D eigenvalue weighted by molar-refractivity contribution is 5.74. The van der Waals surface area contributed by atoms with Crippen LogP contribution in [0.15, 0.2) is 0 Å².